The Morgan fingerprint density at radius 3 is 2.64 bits per heavy atom. The highest BCUT2D eigenvalue weighted by Gasteiger charge is 2.24. The van der Waals surface area contributed by atoms with Gasteiger partial charge in [-0.05, 0) is 29.9 Å². The third-order valence-electron chi connectivity index (χ3n) is 4.01. The van der Waals surface area contributed by atoms with Crippen LogP contribution in [-0.4, -0.2) is 16.0 Å². The van der Waals surface area contributed by atoms with Crippen molar-refractivity contribution in [1.29, 1.82) is 0 Å². The molecule has 0 saturated heterocycles. The monoisotopic (exact) mass is 355 g/mol. The fourth-order valence-corrected chi connectivity index (χ4v) is 3.37. The SMILES string of the molecule is Cc1ccc(C(C(=O)NCc2nc(-c3cccs3)no2)C(C)C)cc1. The number of rotatable bonds is 6. The first kappa shape index (κ1) is 17.4. The molecule has 0 aliphatic carbocycles. The van der Waals surface area contributed by atoms with Crippen molar-refractivity contribution in [2.24, 2.45) is 5.92 Å². The van der Waals surface area contributed by atoms with Crippen molar-refractivity contribution in [2.45, 2.75) is 33.2 Å². The molecule has 0 aliphatic rings. The first-order chi connectivity index (χ1) is 12.0. The summed E-state index contributed by atoms with van der Waals surface area (Å²) in [6, 6.07) is 12.0. The molecule has 1 N–H and O–H groups in total. The molecule has 1 atom stereocenters. The van der Waals surface area contributed by atoms with E-state index in [2.05, 4.69) is 15.5 Å². The van der Waals surface area contributed by atoms with Crippen LogP contribution in [0.5, 0.6) is 0 Å². The van der Waals surface area contributed by atoms with Crippen LogP contribution in [0.3, 0.4) is 0 Å². The van der Waals surface area contributed by atoms with Gasteiger partial charge in [0.1, 0.15) is 0 Å². The van der Waals surface area contributed by atoms with Gasteiger partial charge in [0.05, 0.1) is 17.3 Å². The van der Waals surface area contributed by atoms with E-state index in [1.807, 2.05) is 62.5 Å². The number of carbonyl (C=O) groups excluding carboxylic acids is 1. The zero-order valence-corrected chi connectivity index (χ0v) is 15.3. The molecule has 6 heteroatoms. The topological polar surface area (TPSA) is 68.0 Å². The van der Waals surface area contributed by atoms with Gasteiger partial charge in [-0.25, -0.2) is 0 Å². The lowest BCUT2D eigenvalue weighted by Gasteiger charge is -2.20. The normalized spacial score (nSPS) is 12.3. The molecule has 5 nitrogen and oxygen atoms in total. The van der Waals surface area contributed by atoms with Crippen LogP contribution < -0.4 is 5.32 Å². The third kappa shape index (κ3) is 4.14. The summed E-state index contributed by atoms with van der Waals surface area (Å²) in [5.41, 5.74) is 2.20. The van der Waals surface area contributed by atoms with Crippen molar-refractivity contribution < 1.29 is 9.32 Å². The van der Waals surface area contributed by atoms with Gasteiger partial charge in [0.15, 0.2) is 0 Å². The van der Waals surface area contributed by atoms with E-state index < -0.39 is 0 Å². The minimum Gasteiger partial charge on any atom is -0.346 e. The molecule has 25 heavy (non-hydrogen) atoms. The lowest BCUT2D eigenvalue weighted by Crippen LogP contribution is -2.31. The molecule has 2 aromatic heterocycles. The van der Waals surface area contributed by atoms with Crippen LogP contribution in [0.2, 0.25) is 0 Å². The van der Waals surface area contributed by atoms with Crippen molar-refractivity contribution in [1.82, 2.24) is 15.5 Å². The molecule has 0 aliphatic heterocycles. The largest absolute Gasteiger partial charge is 0.346 e. The molecule has 1 aromatic carbocycles. The number of thiophene rings is 1. The van der Waals surface area contributed by atoms with E-state index in [0.29, 0.717) is 11.7 Å². The number of hydrogen-bond donors (Lipinski definition) is 1. The second-order valence-corrected chi connectivity index (χ2v) is 7.29. The molecule has 0 bridgehead atoms. The number of hydrogen-bond acceptors (Lipinski definition) is 5. The van der Waals surface area contributed by atoms with E-state index >= 15 is 0 Å². The lowest BCUT2D eigenvalue weighted by atomic mass is 9.87. The first-order valence-corrected chi connectivity index (χ1v) is 9.13. The summed E-state index contributed by atoms with van der Waals surface area (Å²) in [5, 5.41) is 8.84. The standard InChI is InChI=1S/C19H21N3O2S/c1-12(2)17(14-8-6-13(3)7-9-14)19(23)20-11-16-21-18(22-24-16)15-5-4-10-25-15/h4-10,12,17H,11H2,1-3H3,(H,20,23). The van der Waals surface area contributed by atoms with E-state index in [0.717, 1.165) is 10.4 Å². The Balaban J connectivity index is 1.67. The molecule has 1 unspecified atom stereocenters. The summed E-state index contributed by atoms with van der Waals surface area (Å²) < 4.78 is 5.23. The van der Waals surface area contributed by atoms with Gasteiger partial charge in [0, 0.05) is 0 Å². The average Bonchev–Trinajstić information content (AvgIpc) is 3.26. The van der Waals surface area contributed by atoms with Gasteiger partial charge in [-0.2, -0.15) is 4.98 Å². The summed E-state index contributed by atoms with van der Waals surface area (Å²) >= 11 is 1.55. The highest BCUT2D eigenvalue weighted by molar-refractivity contribution is 7.13. The zero-order valence-electron chi connectivity index (χ0n) is 14.5. The third-order valence-corrected chi connectivity index (χ3v) is 4.87. The van der Waals surface area contributed by atoms with Gasteiger partial charge < -0.3 is 9.84 Å². The van der Waals surface area contributed by atoms with E-state index in [-0.39, 0.29) is 24.3 Å². The number of nitrogens with one attached hydrogen (secondary N) is 1. The summed E-state index contributed by atoms with van der Waals surface area (Å²) in [5.74, 6) is 0.906. The second-order valence-electron chi connectivity index (χ2n) is 6.34. The Kier molecular flexibility index (Phi) is 5.28. The second kappa shape index (κ2) is 7.61. The molecular weight excluding hydrogens is 334 g/mol. The van der Waals surface area contributed by atoms with Gasteiger partial charge >= 0.3 is 0 Å². The van der Waals surface area contributed by atoms with Gasteiger partial charge in [-0.15, -0.1) is 11.3 Å². The van der Waals surface area contributed by atoms with Gasteiger partial charge in [-0.3, -0.25) is 4.79 Å². The molecule has 0 radical (unpaired) electrons. The average molecular weight is 355 g/mol. The fourth-order valence-electron chi connectivity index (χ4n) is 2.72. The maximum absolute atomic E-state index is 12.7. The van der Waals surface area contributed by atoms with E-state index in [9.17, 15) is 4.79 Å². The first-order valence-electron chi connectivity index (χ1n) is 8.25. The van der Waals surface area contributed by atoms with Crippen LogP contribution in [0.25, 0.3) is 10.7 Å². The number of amides is 1. The zero-order chi connectivity index (χ0) is 17.8. The minimum atomic E-state index is -0.208. The molecule has 2 heterocycles. The summed E-state index contributed by atoms with van der Waals surface area (Å²) in [6.07, 6.45) is 0. The Morgan fingerprint density at radius 2 is 2.00 bits per heavy atom. The van der Waals surface area contributed by atoms with Crippen molar-refractivity contribution in [3.05, 3.63) is 58.8 Å². The predicted octanol–water partition coefficient (Wildman–Crippen LogP) is 4.16. The summed E-state index contributed by atoms with van der Waals surface area (Å²) in [4.78, 5) is 18.0. The maximum atomic E-state index is 12.7. The van der Waals surface area contributed by atoms with Crippen LogP contribution in [0.15, 0.2) is 46.3 Å². The summed E-state index contributed by atoms with van der Waals surface area (Å²) in [7, 11) is 0. The Labute approximate surface area is 151 Å². The van der Waals surface area contributed by atoms with Gasteiger partial charge in [-0.1, -0.05) is 54.9 Å². The molecule has 0 fully saturated rings. The molecule has 0 saturated carbocycles. The lowest BCUT2D eigenvalue weighted by molar-refractivity contribution is -0.123. The van der Waals surface area contributed by atoms with Crippen LogP contribution in [0, 0.1) is 12.8 Å². The van der Waals surface area contributed by atoms with Crippen molar-refractivity contribution >= 4 is 17.2 Å². The van der Waals surface area contributed by atoms with Gasteiger partial charge in [0.25, 0.3) is 0 Å². The van der Waals surface area contributed by atoms with E-state index in [4.69, 9.17) is 4.52 Å². The highest BCUT2D eigenvalue weighted by atomic mass is 32.1. The molecule has 1 amide bonds. The van der Waals surface area contributed by atoms with Crippen molar-refractivity contribution in [3.63, 3.8) is 0 Å². The van der Waals surface area contributed by atoms with E-state index in [1.54, 1.807) is 11.3 Å². The Morgan fingerprint density at radius 1 is 1.24 bits per heavy atom. The molecule has 3 aromatic rings. The highest BCUT2D eigenvalue weighted by Crippen LogP contribution is 2.25. The molecule has 0 spiro atoms. The predicted molar refractivity (Wildman–Crippen MR) is 98.2 cm³/mol. The van der Waals surface area contributed by atoms with Crippen LogP contribution in [0.1, 0.15) is 36.8 Å². The minimum absolute atomic E-state index is 0.0327. The quantitative estimate of drug-likeness (QED) is 0.721. The van der Waals surface area contributed by atoms with Gasteiger partial charge in [0.2, 0.25) is 17.6 Å². The molecule has 130 valence electrons. The van der Waals surface area contributed by atoms with Crippen LogP contribution in [-0.2, 0) is 11.3 Å². The van der Waals surface area contributed by atoms with Crippen LogP contribution in [0.4, 0.5) is 0 Å². The molecular formula is C19H21N3O2S. The number of aryl methyl sites for hydroxylation is 1. The smallest absolute Gasteiger partial charge is 0.246 e. The molecule has 3 rings (SSSR count). The van der Waals surface area contributed by atoms with Crippen molar-refractivity contribution in [3.8, 4) is 10.7 Å². The summed E-state index contributed by atoms with van der Waals surface area (Å²) in [6.45, 7) is 6.36. The number of benzene rings is 1. The number of carbonyl (C=O) groups is 1. The number of nitrogens with zero attached hydrogens (tertiary/aromatic N) is 2. The fraction of sp³-hybridized carbons (Fsp3) is 0.316. The maximum Gasteiger partial charge on any atom is 0.246 e. The number of aromatic nitrogens is 2. The van der Waals surface area contributed by atoms with E-state index in [1.165, 1.54) is 5.56 Å². The van der Waals surface area contributed by atoms with Crippen LogP contribution >= 0.6 is 11.3 Å². The Hall–Kier alpha value is -2.47. The van der Waals surface area contributed by atoms with Crippen molar-refractivity contribution in [2.75, 3.05) is 0 Å². The Bertz CT molecular complexity index is 823.